The molecule has 0 amide bonds. The van der Waals surface area contributed by atoms with Crippen molar-refractivity contribution in [2.75, 3.05) is 13.7 Å². The largest absolute Gasteiger partial charge is 0.471 e. The number of nitro benzene ring substituents is 1. The van der Waals surface area contributed by atoms with Gasteiger partial charge in [-0.1, -0.05) is 6.07 Å². The monoisotopic (exact) mass is 274 g/mol. The van der Waals surface area contributed by atoms with Gasteiger partial charge in [0, 0.05) is 25.7 Å². The molecule has 1 heterocycles. The van der Waals surface area contributed by atoms with Crippen molar-refractivity contribution in [1.29, 1.82) is 0 Å². The van der Waals surface area contributed by atoms with Gasteiger partial charge in [0.05, 0.1) is 28.5 Å². The fourth-order valence-electron chi connectivity index (χ4n) is 1.60. The minimum atomic E-state index is -0.460. The molecule has 0 N–H and O–H groups in total. The fraction of sp³-hybridized carbons (Fsp3) is 0.357. The quantitative estimate of drug-likeness (QED) is 0.597. The molecule has 6 heteroatoms. The molecule has 0 aliphatic carbocycles. The van der Waals surface area contributed by atoms with E-state index in [0.29, 0.717) is 17.5 Å². The summed E-state index contributed by atoms with van der Waals surface area (Å²) in [5.41, 5.74) is 0.455. The highest BCUT2D eigenvalue weighted by molar-refractivity contribution is 5.79. The summed E-state index contributed by atoms with van der Waals surface area (Å²) in [6.07, 6.45) is 0.819. The number of nitrogens with zero attached hydrogens (tertiary/aromatic N) is 2. The van der Waals surface area contributed by atoms with Crippen LogP contribution in [0.4, 0.5) is 5.69 Å². The van der Waals surface area contributed by atoms with E-state index < -0.39 is 4.92 Å². The van der Waals surface area contributed by atoms with Gasteiger partial charge < -0.3 is 9.47 Å². The summed E-state index contributed by atoms with van der Waals surface area (Å²) < 4.78 is 10.5. The van der Waals surface area contributed by atoms with Crippen LogP contribution in [0.1, 0.15) is 13.3 Å². The Kier molecular flexibility index (Phi) is 4.33. The van der Waals surface area contributed by atoms with Crippen molar-refractivity contribution < 1.29 is 14.4 Å². The van der Waals surface area contributed by atoms with E-state index in [1.807, 2.05) is 6.92 Å². The maximum absolute atomic E-state index is 10.7. The lowest BCUT2D eigenvalue weighted by atomic mass is 10.2. The van der Waals surface area contributed by atoms with Gasteiger partial charge in [-0.3, -0.25) is 10.1 Å². The molecule has 0 spiro atoms. The first kappa shape index (κ1) is 14.0. The molecule has 0 aliphatic heterocycles. The first-order valence-corrected chi connectivity index (χ1v) is 6.15. The molecular formula is C14H14N2O4. The second kappa shape index (κ2) is 6.17. The van der Waals surface area contributed by atoms with Gasteiger partial charge >= 0.3 is 0 Å². The number of non-ortho nitro benzene ring substituents is 1. The molecule has 2 aromatic rings. The van der Waals surface area contributed by atoms with Crippen molar-refractivity contribution in [2.24, 2.45) is 0 Å². The molecule has 20 heavy (non-hydrogen) atoms. The van der Waals surface area contributed by atoms with Gasteiger partial charge in [-0.05, 0) is 19.1 Å². The Morgan fingerprint density at radius 2 is 2.25 bits per heavy atom. The third-order valence-electron chi connectivity index (χ3n) is 2.88. The van der Waals surface area contributed by atoms with E-state index in [1.165, 1.54) is 12.1 Å². The van der Waals surface area contributed by atoms with Gasteiger partial charge in [-0.15, -0.1) is 0 Å². The molecular weight excluding hydrogens is 260 g/mol. The normalized spacial score (nSPS) is 11.9. The van der Waals surface area contributed by atoms with Gasteiger partial charge in [0.1, 0.15) is 0 Å². The second-order valence-corrected chi connectivity index (χ2v) is 4.31. The van der Waals surface area contributed by atoms with Gasteiger partial charge in [0.25, 0.3) is 11.6 Å². The molecule has 1 aromatic heterocycles. The van der Waals surface area contributed by atoms with Crippen LogP contribution in [0.2, 0.25) is 0 Å². The van der Waals surface area contributed by atoms with E-state index in [0.717, 1.165) is 6.42 Å². The average Bonchev–Trinajstić information content (AvgIpc) is 2.46. The first-order valence-electron chi connectivity index (χ1n) is 6.15. The predicted octanol–water partition coefficient (Wildman–Crippen LogP) is 2.55. The smallest absolute Gasteiger partial charge is 0.271 e. The maximum Gasteiger partial charge on any atom is 0.271 e. The van der Waals surface area contributed by atoms with Crippen molar-refractivity contribution >= 4 is 16.6 Å². The highest BCUT2D eigenvalue weighted by atomic mass is 16.6. The number of rotatable bonds is 6. The van der Waals surface area contributed by atoms with E-state index in [1.54, 1.807) is 13.2 Å². The van der Waals surface area contributed by atoms with Gasteiger partial charge in [0.15, 0.2) is 0 Å². The molecule has 1 unspecified atom stereocenters. The zero-order valence-corrected chi connectivity index (χ0v) is 11.3. The molecule has 1 atom stereocenters. The van der Waals surface area contributed by atoms with Gasteiger partial charge in [0.2, 0.25) is 0 Å². The van der Waals surface area contributed by atoms with Gasteiger partial charge in [-0.25, -0.2) is 4.98 Å². The number of aromatic nitrogens is 1. The van der Waals surface area contributed by atoms with Crippen molar-refractivity contribution in [3.8, 4) is 5.88 Å². The lowest BCUT2D eigenvalue weighted by Gasteiger charge is -2.09. The Balaban J connectivity index is 2.13. The van der Waals surface area contributed by atoms with Crippen LogP contribution < -0.4 is 4.74 Å². The van der Waals surface area contributed by atoms with E-state index in [2.05, 4.69) is 17.1 Å². The minimum Gasteiger partial charge on any atom is -0.471 e. The standard InChI is InChI=1S/C14H14N2O4/c1-10(19-2)7-8-20-14-6-4-11-3-5-12(16(17)18)9-13(11)15-14/h3,5,9-10H,7-8H2,1-2H3. The van der Waals surface area contributed by atoms with E-state index in [9.17, 15) is 10.1 Å². The summed E-state index contributed by atoms with van der Waals surface area (Å²) in [7, 11) is 1.64. The van der Waals surface area contributed by atoms with Crippen LogP contribution in [-0.2, 0) is 4.74 Å². The first-order chi connectivity index (χ1) is 9.60. The van der Waals surface area contributed by atoms with Crippen molar-refractivity contribution in [2.45, 2.75) is 19.4 Å². The SMILES string of the molecule is COC(C)CCOc1c#cc2ccc([N+](=O)[O-])cc2n1. The molecule has 0 saturated carbocycles. The molecule has 0 bridgehead atoms. The summed E-state index contributed by atoms with van der Waals surface area (Å²) >= 11 is 0. The van der Waals surface area contributed by atoms with Crippen LogP contribution in [0.3, 0.4) is 0 Å². The Hall–Kier alpha value is -2.39. The van der Waals surface area contributed by atoms with Crippen molar-refractivity contribution in [3.63, 3.8) is 0 Å². The number of benzene rings is 1. The predicted molar refractivity (Wildman–Crippen MR) is 72.7 cm³/mol. The van der Waals surface area contributed by atoms with Crippen LogP contribution in [0.5, 0.6) is 5.88 Å². The Morgan fingerprint density at radius 3 is 2.95 bits per heavy atom. The maximum atomic E-state index is 10.7. The number of ether oxygens (including phenoxy) is 2. The second-order valence-electron chi connectivity index (χ2n) is 4.31. The van der Waals surface area contributed by atoms with Crippen LogP contribution in [0.15, 0.2) is 18.2 Å². The van der Waals surface area contributed by atoms with Crippen LogP contribution >= 0.6 is 0 Å². The summed E-state index contributed by atoms with van der Waals surface area (Å²) in [6, 6.07) is 10.1. The highest BCUT2D eigenvalue weighted by Crippen LogP contribution is 2.19. The van der Waals surface area contributed by atoms with Gasteiger partial charge in [-0.2, -0.15) is 0 Å². The number of methoxy groups -OCH3 is 1. The van der Waals surface area contributed by atoms with Crippen LogP contribution in [0.25, 0.3) is 10.9 Å². The number of hydrogen-bond donors (Lipinski definition) is 0. The zero-order valence-electron chi connectivity index (χ0n) is 11.3. The molecule has 0 radical (unpaired) electrons. The van der Waals surface area contributed by atoms with Crippen LogP contribution in [0, 0.1) is 22.2 Å². The summed E-state index contributed by atoms with van der Waals surface area (Å²) in [4.78, 5) is 14.5. The summed E-state index contributed by atoms with van der Waals surface area (Å²) in [5, 5.41) is 11.4. The molecule has 0 aliphatic rings. The third kappa shape index (κ3) is 3.33. The van der Waals surface area contributed by atoms with E-state index >= 15 is 0 Å². The van der Waals surface area contributed by atoms with E-state index in [-0.39, 0.29) is 17.7 Å². The highest BCUT2D eigenvalue weighted by Gasteiger charge is 2.08. The fourth-order valence-corrected chi connectivity index (χ4v) is 1.60. The number of hydrogen-bond acceptors (Lipinski definition) is 5. The van der Waals surface area contributed by atoms with Crippen molar-refractivity contribution in [1.82, 2.24) is 4.98 Å². The molecule has 0 fully saturated rings. The average molecular weight is 274 g/mol. The molecule has 104 valence electrons. The molecule has 0 saturated heterocycles. The zero-order chi connectivity index (χ0) is 14.5. The van der Waals surface area contributed by atoms with Crippen LogP contribution in [-0.4, -0.2) is 29.7 Å². The minimum absolute atomic E-state index is 0.0106. The lowest BCUT2D eigenvalue weighted by Crippen LogP contribution is -2.10. The lowest BCUT2D eigenvalue weighted by molar-refractivity contribution is -0.384. The topological polar surface area (TPSA) is 74.5 Å². The Bertz CT molecular complexity index is 615. The van der Waals surface area contributed by atoms with E-state index in [4.69, 9.17) is 9.47 Å². The Labute approximate surface area is 116 Å². The third-order valence-corrected chi connectivity index (χ3v) is 2.88. The Morgan fingerprint density at radius 1 is 1.45 bits per heavy atom. The molecule has 1 aromatic carbocycles. The summed E-state index contributed by atoms with van der Waals surface area (Å²) in [6.45, 7) is 2.38. The number of fused-ring (bicyclic) bond motifs is 1. The molecule has 2 rings (SSSR count). The number of nitro groups is 1. The molecule has 6 nitrogen and oxygen atoms in total. The summed E-state index contributed by atoms with van der Waals surface area (Å²) in [5.74, 6) is 0.279. The van der Waals surface area contributed by atoms with Crippen molar-refractivity contribution in [3.05, 3.63) is 40.4 Å².